The van der Waals surface area contributed by atoms with Crippen molar-refractivity contribution in [2.45, 2.75) is 25.3 Å². The highest BCUT2D eigenvalue weighted by molar-refractivity contribution is 5.75. The number of rotatable bonds is 3. The van der Waals surface area contributed by atoms with E-state index in [1.54, 1.807) is 0 Å². The lowest BCUT2D eigenvalue weighted by Gasteiger charge is -2.11. The molecule has 0 saturated heterocycles. The van der Waals surface area contributed by atoms with E-state index in [2.05, 4.69) is 5.32 Å². The van der Waals surface area contributed by atoms with Gasteiger partial charge in [0.1, 0.15) is 0 Å². The van der Waals surface area contributed by atoms with Gasteiger partial charge in [-0.25, -0.2) is 0 Å². The van der Waals surface area contributed by atoms with Crippen molar-refractivity contribution in [1.29, 1.82) is 0 Å². The number of fused-ring (bicyclic) bond motifs is 1. The topological polar surface area (TPSA) is 55.1 Å². The van der Waals surface area contributed by atoms with E-state index in [9.17, 15) is 4.79 Å². The lowest BCUT2D eigenvalue weighted by atomic mass is 10.2. The van der Waals surface area contributed by atoms with Crippen molar-refractivity contribution in [3.8, 4) is 0 Å². The number of primary amides is 1. The minimum absolute atomic E-state index is 0.242. The van der Waals surface area contributed by atoms with Crippen molar-refractivity contribution >= 4 is 5.91 Å². The molecule has 0 spiro atoms. The minimum Gasteiger partial charge on any atom is -0.369 e. The first-order valence-corrected chi connectivity index (χ1v) is 4.29. The Balaban J connectivity index is 1.74. The zero-order chi connectivity index (χ0) is 7.84. The largest absolute Gasteiger partial charge is 0.369 e. The fourth-order valence-electron chi connectivity index (χ4n) is 2.19. The first kappa shape index (κ1) is 7.10. The van der Waals surface area contributed by atoms with E-state index in [0.717, 1.165) is 11.8 Å². The fraction of sp³-hybridized carbons (Fsp3) is 0.875. The van der Waals surface area contributed by atoms with E-state index < -0.39 is 0 Å². The standard InChI is InChI=1S/C8H14N2O/c9-8(11)4-10-7-2-1-5-3-6(5)7/h5-7,10H,1-4H2,(H2,9,11). The second kappa shape index (κ2) is 2.48. The summed E-state index contributed by atoms with van der Waals surface area (Å²) in [6.07, 6.45) is 3.96. The molecule has 0 aromatic heterocycles. The van der Waals surface area contributed by atoms with Gasteiger partial charge in [0.15, 0.2) is 0 Å². The van der Waals surface area contributed by atoms with Crippen LogP contribution >= 0.6 is 0 Å². The van der Waals surface area contributed by atoms with Crippen LogP contribution < -0.4 is 11.1 Å². The summed E-state index contributed by atoms with van der Waals surface area (Å²) in [6.45, 7) is 0.355. The van der Waals surface area contributed by atoms with Gasteiger partial charge in [0.05, 0.1) is 6.54 Å². The molecule has 2 aliphatic rings. The van der Waals surface area contributed by atoms with Crippen LogP contribution in [0.2, 0.25) is 0 Å². The number of carbonyl (C=O) groups excluding carboxylic acids is 1. The summed E-state index contributed by atoms with van der Waals surface area (Å²) in [7, 11) is 0. The monoisotopic (exact) mass is 154 g/mol. The molecular weight excluding hydrogens is 140 g/mol. The number of nitrogens with one attached hydrogen (secondary N) is 1. The van der Waals surface area contributed by atoms with Gasteiger partial charge in [-0.3, -0.25) is 4.79 Å². The molecule has 3 nitrogen and oxygen atoms in total. The molecule has 0 aromatic carbocycles. The summed E-state index contributed by atoms with van der Waals surface area (Å²) in [5.41, 5.74) is 5.03. The SMILES string of the molecule is NC(=O)CNC1CCC2CC21. The number of nitrogens with two attached hydrogens (primary N) is 1. The van der Waals surface area contributed by atoms with Crippen LogP contribution in [0.5, 0.6) is 0 Å². The molecule has 0 aromatic rings. The summed E-state index contributed by atoms with van der Waals surface area (Å²) in [4.78, 5) is 10.4. The minimum atomic E-state index is -0.242. The lowest BCUT2D eigenvalue weighted by molar-refractivity contribution is -0.117. The Morgan fingerprint density at radius 2 is 2.36 bits per heavy atom. The second-order valence-corrected chi connectivity index (χ2v) is 3.69. The molecule has 3 atom stereocenters. The van der Waals surface area contributed by atoms with Crippen LogP contribution in [0.1, 0.15) is 19.3 Å². The third kappa shape index (κ3) is 1.38. The van der Waals surface area contributed by atoms with Gasteiger partial charge < -0.3 is 11.1 Å². The van der Waals surface area contributed by atoms with E-state index in [4.69, 9.17) is 5.73 Å². The molecule has 3 N–H and O–H groups in total. The third-order valence-electron chi connectivity index (χ3n) is 2.88. The number of hydrogen-bond donors (Lipinski definition) is 2. The maximum absolute atomic E-state index is 10.4. The molecule has 3 heteroatoms. The van der Waals surface area contributed by atoms with E-state index in [1.165, 1.54) is 19.3 Å². The highest BCUT2D eigenvalue weighted by atomic mass is 16.1. The summed E-state index contributed by atoms with van der Waals surface area (Å²) >= 11 is 0. The van der Waals surface area contributed by atoms with Gasteiger partial charge in [-0.1, -0.05) is 0 Å². The highest BCUT2D eigenvalue weighted by Crippen LogP contribution is 2.51. The van der Waals surface area contributed by atoms with Crippen LogP contribution in [0.15, 0.2) is 0 Å². The lowest BCUT2D eigenvalue weighted by Crippen LogP contribution is -2.36. The smallest absolute Gasteiger partial charge is 0.231 e. The molecule has 2 saturated carbocycles. The van der Waals surface area contributed by atoms with Crippen molar-refractivity contribution < 1.29 is 4.79 Å². The predicted octanol–water partition coefficient (Wildman–Crippen LogP) is -0.140. The first-order chi connectivity index (χ1) is 5.27. The van der Waals surface area contributed by atoms with Gasteiger partial charge in [0.25, 0.3) is 0 Å². The molecule has 0 aliphatic heterocycles. The maximum atomic E-state index is 10.4. The number of amides is 1. The summed E-state index contributed by atoms with van der Waals surface area (Å²) in [6, 6.07) is 0.590. The van der Waals surface area contributed by atoms with Crippen LogP contribution in [-0.4, -0.2) is 18.5 Å². The highest BCUT2D eigenvalue weighted by Gasteiger charge is 2.47. The van der Waals surface area contributed by atoms with Crippen LogP contribution in [0.25, 0.3) is 0 Å². The Kier molecular flexibility index (Phi) is 1.60. The quantitative estimate of drug-likeness (QED) is 0.594. The Morgan fingerprint density at radius 3 is 2.82 bits per heavy atom. The zero-order valence-corrected chi connectivity index (χ0v) is 6.55. The molecule has 2 aliphatic carbocycles. The summed E-state index contributed by atoms with van der Waals surface area (Å²) in [5, 5.41) is 3.20. The maximum Gasteiger partial charge on any atom is 0.231 e. The molecule has 11 heavy (non-hydrogen) atoms. The van der Waals surface area contributed by atoms with Crippen LogP contribution in [0.3, 0.4) is 0 Å². The van der Waals surface area contributed by atoms with Gasteiger partial charge in [0, 0.05) is 6.04 Å². The fourth-order valence-corrected chi connectivity index (χ4v) is 2.19. The molecule has 1 amide bonds. The van der Waals surface area contributed by atoms with E-state index in [-0.39, 0.29) is 5.91 Å². The molecule has 0 heterocycles. The Labute approximate surface area is 66.3 Å². The van der Waals surface area contributed by atoms with E-state index in [0.29, 0.717) is 12.6 Å². The molecule has 62 valence electrons. The van der Waals surface area contributed by atoms with Gasteiger partial charge in [-0.2, -0.15) is 0 Å². The van der Waals surface area contributed by atoms with Crippen LogP contribution in [-0.2, 0) is 4.79 Å². The Hall–Kier alpha value is -0.570. The molecule has 2 rings (SSSR count). The van der Waals surface area contributed by atoms with Crippen molar-refractivity contribution in [2.75, 3.05) is 6.54 Å². The van der Waals surface area contributed by atoms with Crippen LogP contribution in [0, 0.1) is 11.8 Å². The summed E-state index contributed by atoms with van der Waals surface area (Å²) in [5.74, 6) is 1.60. The van der Waals surface area contributed by atoms with Crippen molar-refractivity contribution in [3.63, 3.8) is 0 Å². The molecule has 0 bridgehead atoms. The normalized spacial score (nSPS) is 40.2. The van der Waals surface area contributed by atoms with Gasteiger partial charge >= 0.3 is 0 Å². The number of hydrogen-bond acceptors (Lipinski definition) is 2. The summed E-state index contributed by atoms with van der Waals surface area (Å²) < 4.78 is 0. The van der Waals surface area contributed by atoms with Crippen molar-refractivity contribution in [2.24, 2.45) is 17.6 Å². The molecule has 2 fully saturated rings. The van der Waals surface area contributed by atoms with Crippen LogP contribution in [0.4, 0.5) is 0 Å². The Bertz CT molecular complexity index is 181. The molecule has 3 unspecified atom stereocenters. The first-order valence-electron chi connectivity index (χ1n) is 4.29. The Morgan fingerprint density at radius 1 is 1.55 bits per heavy atom. The molecule has 0 radical (unpaired) electrons. The average molecular weight is 154 g/mol. The zero-order valence-electron chi connectivity index (χ0n) is 6.55. The van der Waals surface area contributed by atoms with Crippen molar-refractivity contribution in [3.05, 3.63) is 0 Å². The van der Waals surface area contributed by atoms with Gasteiger partial charge in [-0.05, 0) is 31.1 Å². The van der Waals surface area contributed by atoms with Gasteiger partial charge in [0.2, 0.25) is 5.91 Å². The third-order valence-corrected chi connectivity index (χ3v) is 2.88. The molecular formula is C8H14N2O. The van der Waals surface area contributed by atoms with Gasteiger partial charge in [-0.15, -0.1) is 0 Å². The van der Waals surface area contributed by atoms with E-state index >= 15 is 0 Å². The average Bonchev–Trinajstić information content (AvgIpc) is 2.62. The van der Waals surface area contributed by atoms with Crippen molar-refractivity contribution in [1.82, 2.24) is 5.32 Å². The second-order valence-electron chi connectivity index (χ2n) is 3.69. The predicted molar refractivity (Wildman–Crippen MR) is 41.8 cm³/mol. The van der Waals surface area contributed by atoms with E-state index in [1.807, 2.05) is 0 Å². The number of carbonyl (C=O) groups is 1.